The highest BCUT2D eigenvalue weighted by molar-refractivity contribution is 5.00. The van der Waals surface area contributed by atoms with E-state index in [0.29, 0.717) is 12.1 Å². The molecule has 4 atom stereocenters. The van der Waals surface area contributed by atoms with Gasteiger partial charge in [-0.05, 0) is 57.4 Å². The van der Waals surface area contributed by atoms with Crippen LogP contribution in [-0.4, -0.2) is 27.4 Å². The molecule has 20 heavy (non-hydrogen) atoms. The molecule has 2 fully saturated rings. The van der Waals surface area contributed by atoms with Crippen LogP contribution >= 0.6 is 0 Å². The number of aromatic nitrogens is 3. The number of nitrogens with zero attached hydrogens (tertiary/aromatic N) is 3. The summed E-state index contributed by atoms with van der Waals surface area (Å²) in [7, 11) is 0. The molecule has 3 rings (SSSR count). The number of hydrogen-bond donors (Lipinski definition) is 1. The van der Waals surface area contributed by atoms with E-state index in [1.807, 2.05) is 0 Å². The van der Waals surface area contributed by atoms with Crippen molar-refractivity contribution in [2.45, 2.75) is 65.0 Å². The van der Waals surface area contributed by atoms with Gasteiger partial charge in [0.05, 0.1) is 0 Å². The van der Waals surface area contributed by atoms with Crippen molar-refractivity contribution in [2.24, 2.45) is 17.8 Å². The highest BCUT2D eigenvalue weighted by atomic mass is 15.3. The topological polar surface area (TPSA) is 42.7 Å². The highest BCUT2D eigenvalue weighted by Crippen LogP contribution is 2.49. The molecule has 4 unspecified atom stereocenters. The van der Waals surface area contributed by atoms with Gasteiger partial charge in [-0.2, -0.15) is 5.10 Å². The van der Waals surface area contributed by atoms with Gasteiger partial charge in [-0.15, -0.1) is 0 Å². The Morgan fingerprint density at radius 2 is 2.20 bits per heavy atom. The molecule has 2 aliphatic carbocycles. The van der Waals surface area contributed by atoms with Gasteiger partial charge in [-0.25, -0.2) is 9.67 Å². The first-order valence-corrected chi connectivity index (χ1v) is 8.30. The van der Waals surface area contributed by atoms with Gasteiger partial charge in [0.2, 0.25) is 0 Å². The molecule has 2 saturated carbocycles. The van der Waals surface area contributed by atoms with Gasteiger partial charge in [-0.1, -0.05) is 13.3 Å². The Kier molecular flexibility index (Phi) is 4.11. The summed E-state index contributed by atoms with van der Waals surface area (Å²) in [5, 5.41) is 8.11. The summed E-state index contributed by atoms with van der Waals surface area (Å²) in [5.41, 5.74) is 0. The minimum atomic E-state index is 0.398. The zero-order valence-electron chi connectivity index (χ0n) is 13.0. The van der Waals surface area contributed by atoms with Crippen LogP contribution in [0, 0.1) is 17.8 Å². The number of rotatable bonds is 6. The number of hydrogen-bond acceptors (Lipinski definition) is 3. The number of likely N-dealkylation sites (N-methyl/N-ethyl adjacent to an activating group) is 1. The van der Waals surface area contributed by atoms with Crippen molar-refractivity contribution in [1.82, 2.24) is 20.1 Å². The molecular weight excluding hydrogens is 248 g/mol. The maximum absolute atomic E-state index is 4.50. The van der Waals surface area contributed by atoms with Gasteiger partial charge in [-0.3, -0.25) is 0 Å². The molecule has 1 heterocycles. The fourth-order valence-corrected chi connectivity index (χ4v) is 4.47. The predicted octanol–water partition coefficient (Wildman–Crippen LogP) is 2.82. The first kappa shape index (κ1) is 14.1. The molecule has 4 nitrogen and oxygen atoms in total. The second kappa shape index (κ2) is 5.84. The quantitative estimate of drug-likeness (QED) is 0.869. The first-order chi connectivity index (χ1) is 9.69. The minimum Gasteiger partial charge on any atom is -0.314 e. The van der Waals surface area contributed by atoms with E-state index < -0.39 is 0 Å². The molecule has 2 aliphatic rings. The van der Waals surface area contributed by atoms with Crippen LogP contribution < -0.4 is 5.32 Å². The molecule has 0 aromatic carbocycles. The van der Waals surface area contributed by atoms with Crippen LogP contribution in [0.1, 0.15) is 58.3 Å². The van der Waals surface area contributed by atoms with Gasteiger partial charge < -0.3 is 5.32 Å². The van der Waals surface area contributed by atoms with Crippen LogP contribution in [0.15, 0.2) is 6.33 Å². The van der Waals surface area contributed by atoms with Gasteiger partial charge >= 0.3 is 0 Å². The standard InChI is InChI=1S/C16H28N4/c1-4-17-15(14-8-12-5-6-13(14)7-12)9-16-18-10-19-20(16)11(2)3/h10-15,17H,4-9H2,1-3H3. The van der Waals surface area contributed by atoms with Crippen molar-refractivity contribution in [3.63, 3.8) is 0 Å². The van der Waals surface area contributed by atoms with Crippen molar-refractivity contribution >= 4 is 0 Å². The van der Waals surface area contributed by atoms with Crippen molar-refractivity contribution in [3.8, 4) is 0 Å². The van der Waals surface area contributed by atoms with E-state index in [1.54, 1.807) is 6.33 Å². The Balaban J connectivity index is 1.72. The van der Waals surface area contributed by atoms with Crippen LogP contribution in [0.25, 0.3) is 0 Å². The molecule has 0 aliphatic heterocycles. The summed E-state index contributed by atoms with van der Waals surface area (Å²) in [5.74, 6) is 3.97. The van der Waals surface area contributed by atoms with Crippen LogP contribution in [0.5, 0.6) is 0 Å². The Labute approximate surface area is 122 Å². The molecule has 0 amide bonds. The Morgan fingerprint density at radius 1 is 1.35 bits per heavy atom. The molecule has 112 valence electrons. The summed E-state index contributed by atoms with van der Waals surface area (Å²) >= 11 is 0. The van der Waals surface area contributed by atoms with Crippen LogP contribution in [0.3, 0.4) is 0 Å². The van der Waals surface area contributed by atoms with E-state index in [2.05, 4.69) is 40.9 Å². The third kappa shape index (κ3) is 2.62. The van der Waals surface area contributed by atoms with E-state index in [0.717, 1.165) is 36.5 Å². The van der Waals surface area contributed by atoms with Gasteiger partial charge in [0.1, 0.15) is 12.2 Å². The molecule has 0 saturated heterocycles. The molecule has 1 aromatic heterocycles. The van der Waals surface area contributed by atoms with Crippen LogP contribution in [0.4, 0.5) is 0 Å². The lowest BCUT2D eigenvalue weighted by Crippen LogP contribution is -2.41. The van der Waals surface area contributed by atoms with E-state index >= 15 is 0 Å². The van der Waals surface area contributed by atoms with E-state index in [1.165, 1.54) is 25.7 Å². The summed E-state index contributed by atoms with van der Waals surface area (Å²) in [6.45, 7) is 7.62. The van der Waals surface area contributed by atoms with E-state index in [-0.39, 0.29) is 0 Å². The Bertz CT molecular complexity index is 439. The fourth-order valence-electron chi connectivity index (χ4n) is 4.47. The Morgan fingerprint density at radius 3 is 2.80 bits per heavy atom. The van der Waals surface area contributed by atoms with E-state index in [4.69, 9.17) is 0 Å². The lowest BCUT2D eigenvalue weighted by atomic mass is 9.82. The lowest BCUT2D eigenvalue weighted by Gasteiger charge is -2.31. The van der Waals surface area contributed by atoms with Gasteiger partial charge in [0, 0.05) is 18.5 Å². The molecule has 1 aromatic rings. The Hall–Kier alpha value is -0.900. The van der Waals surface area contributed by atoms with Crippen molar-refractivity contribution < 1.29 is 0 Å². The zero-order valence-corrected chi connectivity index (χ0v) is 13.0. The second-order valence-corrected chi connectivity index (χ2v) is 6.92. The lowest BCUT2D eigenvalue weighted by molar-refractivity contribution is 0.244. The molecule has 4 heteroatoms. The average Bonchev–Trinajstić information content (AvgIpc) is 3.13. The highest BCUT2D eigenvalue weighted by Gasteiger charge is 2.43. The summed E-state index contributed by atoms with van der Waals surface area (Å²) < 4.78 is 2.08. The molecule has 1 N–H and O–H groups in total. The molecular formula is C16H28N4. The largest absolute Gasteiger partial charge is 0.314 e. The maximum Gasteiger partial charge on any atom is 0.138 e. The molecule has 2 bridgehead atoms. The normalized spacial score (nSPS) is 30.3. The monoisotopic (exact) mass is 276 g/mol. The third-order valence-electron chi connectivity index (χ3n) is 5.31. The van der Waals surface area contributed by atoms with Crippen LogP contribution in [-0.2, 0) is 6.42 Å². The smallest absolute Gasteiger partial charge is 0.138 e. The third-order valence-corrected chi connectivity index (χ3v) is 5.31. The SMILES string of the molecule is CCNC(Cc1ncnn1C(C)C)C1CC2CCC1C2. The van der Waals surface area contributed by atoms with Gasteiger partial charge in [0.15, 0.2) is 0 Å². The van der Waals surface area contributed by atoms with Crippen molar-refractivity contribution in [3.05, 3.63) is 12.2 Å². The van der Waals surface area contributed by atoms with Crippen molar-refractivity contribution in [1.29, 1.82) is 0 Å². The summed E-state index contributed by atoms with van der Waals surface area (Å²) in [6.07, 6.45) is 8.57. The van der Waals surface area contributed by atoms with Crippen LogP contribution in [0.2, 0.25) is 0 Å². The second-order valence-electron chi connectivity index (χ2n) is 6.92. The van der Waals surface area contributed by atoms with Crippen molar-refractivity contribution in [2.75, 3.05) is 6.54 Å². The van der Waals surface area contributed by atoms with Gasteiger partial charge in [0.25, 0.3) is 0 Å². The summed E-state index contributed by atoms with van der Waals surface area (Å²) in [6, 6.07) is 0.979. The predicted molar refractivity (Wildman–Crippen MR) is 80.5 cm³/mol. The molecule has 0 spiro atoms. The fraction of sp³-hybridized carbons (Fsp3) is 0.875. The summed E-state index contributed by atoms with van der Waals surface area (Å²) in [4.78, 5) is 4.50. The minimum absolute atomic E-state index is 0.398. The number of fused-ring (bicyclic) bond motifs is 2. The first-order valence-electron chi connectivity index (χ1n) is 8.30. The van der Waals surface area contributed by atoms with E-state index in [9.17, 15) is 0 Å². The molecule has 0 radical (unpaired) electrons. The maximum atomic E-state index is 4.50. The zero-order chi connectivity index (χ0) is 14.1. The number of nitrogens with one attached hydrogen (secondary N) is 1. The average molecular weight is 276 g/mol.